The number of methoxy groups -OCH3 is 5. The molecule has 0 amide bonds. The van der Waals surface area contributed by atoms with Crippen LogP contribution in [0.2, 0.25) is 0 Å². The molecular formula is C81H84O10. The fourth-order valence-corrected chi connectivity index (χ4v) is 11.4. The molecule has 10 nitrogen and oxygen atoms in total. The lowest BCUT2D eigenvalue weighted by Gasteiger charge is -2.21. The third-order valence-corrected chi connectivity index (χ3v) is 16.4. The van der Waals surface area contributed by atoms with Crippen LogP contribution in [0.4, 0.5) is 0 Å². The van der Waals surface area contributed by atoms with E-state index >= 15 is 0 Å². The third-order valence-electron chi connectivity index (χ3n) is 16.4. The van der Waals surface area contributed by atoms with Gasteiger partial charge in [-0.15, -0.1) is 0 Å². The van der Waals surface area contributed by atoms with E-state index in [-0.39, 0.29) is 0 Å². The smallest absolute Gasteiger partial charge is 0.123 e. The van der Waals surface area contributed by atoms with E-state index in [4.69, 9.17) is 47.4 Å². The molecule has 0 aromatic heterocycles. The monoisotopic (exact) mass is 1220 g/mol. The highest BCUT2D eigenvalue weighted by molar-refractivity contribution is 5.60. The molecule has 10 aromatic rings. The number of hydrogen-bond acceptors (Lipinski definition) is 10. The Morgan fingerprint density at radius 3 is 0.527 bits per heavy atom. The first-order valence-corrected chi connectivity index (χ1v) is 31.6. The van der Waals surface area contributed by atoms with Crippen molar-refractivity contribution >= 4 is 0 Å². The van der Waals surface area contributed by atoms with Gasteiger partial charge in [-0.05, 0) is 88.5 Å². The van der Waals surface area contributed by atoms with E-state index in [0.717, 1.165) is 83.5 Å². The van der Waals surface area contributed by atoms with Crippen LogP contribution in [0.1, 0.15) is 123 Å². The van der Waals surface area contributed by atoms with Crippen LogP contribution < -0.4 is 47.4 Å². The van der Waals surface area contributed by atoms with Crippen LogP contribution in [0.15, 0.2) is 212 Å². The number of unbranched alkanes of at least 4 members (excludes halogenated alkanes) is 3. The van der Waals surface area contributed by atoms with Gasteiger partial charge in [0, 0.05) is 87.7 Å². The lowest BCUT2D eigenvalue weighted by atomic mass is 9.94. The molecule has 10 aliphatic carbocycles. The van der Waals surface area contributed by atoms with Crippen LogP contribution in [0.5, 0.6) is 57.5 Å². The van der Waals surface area contributed by atoms with Crippen LogP contribution in [0.25, 0.3) is 0 Å². The fourth-order valence-electron chi connectivity index (χ4n) is 11.4. The summed E-state index contributed by atoms with van der Waals surface area (Å²) in [5.74, 6) is 6.95. The molecule has 20 rings (SSSR count). The van der Waals surface area contributed by atoms with E-state index in [2.05, 4.69) is 135 Å². The molecule has 0 heterocycles. The number of hydrogen-bond donors (Lipinski definition) is 0. The van der Waals surface area contributed by atoms with Crippen LogP contribution in [0, 0.1) is 0 Å². The highest BCUT2D eigenvalue weighted by atomic mass is 16.5. The summed E-state index contributed by atoms with van der Waals surface area (Å²) in [5.41, 5.74) is 14.2. The Morgan fingerprint density at radius 2 is 0.374 bits per heavy atom. The summed E-state index contributed by atoms with van der Waals surface area (Å²) in [6.07, 6.45) is 7.67. The number of ether oxygens (including phenoxy) is 10. The summed E-state index contributed by atoms with van der Waals surface area (Å²) in [7, 11) is 8.55. The molecule has 0 fully saturated rings. The Kier molecular flexibility index (Phi) is 23.0. The second kappa shape index (κ2) is 32.6. The number of benzene rings is 10. The van der Waals surface area contributed by atoms with E-state index < -0.39 is 0 Å². The van der Waals surface area contributed by atoms with Gasteiger partial charge in [-0.3, -0.25) is 0 Å². The summed E-state index contributed by atoms with van der Waals surface area (Å²) in [5, 5.41) is 0. The minimum absolute atomic E-state index is 0.340. The zero-order chi connectivity index (χ0) is 63.2. The molecule has 10 aromatic carbocycles. The Labute approximate surface area is 538 Å². The van der Waals surface area contributed by atoms with Crippen LogP contribution in [-0.4, -0.2) is 35.5 Å². The maximum absolute atomic E-state index is 6.92. The first kappa shape index (κ1) is 64.2. The molecule has 468 valence electrons. The van der Waals surface area contributed by atoms with Gasteiger partial charge < -0.3 is 47.4 Å². The molecule has 0 radical (unpaired) electrons. The Balaban J connectivity index is 0.00000144. The standard InChI is InChI=1S/C75H70O10.C6H14/c1-76-66-36-61-32-58-43-73(83-48-53-25-15-8-16-26-53)63(38-68(58)78-3)34-60-45-75(85-50-55-29-19-10-20-30-55)65(40-70(60)80-5)35-64-39-69(79-4)59(44-74(64)84-49-54-27-17-9-18-28-54)33-62-37-67(77-2)57(42-72(62)82-47-52-23-13-7-14-24-52)31-56(66)41-71(61)81-46-51-21-11-6-12-22-51;1-3-5-6-4-2/h6-30,36-45H,31-35,46-50H2,1-5H3;3-6H2,1-2H3. The van der Waals surface area contributed by atoms with Crippen molar-refractivity contribution in [3.8, 4) is 57.5 Å². The van der Waals surface area contributed by atoms with Crippen molar-refractivity contribution < 1.29 is 47.4 Å². The van der Waals surface area contributed by atoms with Gasteiger partial charge in [-0.25, -0.2) is 0 Å². The van der Waals surface area contributed by atoms with Gasteiger partial charge >= 0.3 is 0 Å². The largest absolute Gasteiger partial charge is 0.496 e. The first-order valence-electron chi connectivity index (χ1n) is 31.6. The second-order valence-electron chi connectivity index (χ2n) is 22.8. The minimum atomic E-state index is 0.340. The van der Waals surface area contributed by atoms with E-state index in [1.165, 1.54) is 25.7 Å². The van der Waals surface area contributed by atoms with Gasteiger partial charge in [-0.1, -0.05) is 191 Å². The van der Waals surface area contributed by atoms with Gasteiger partial charge in [0.15, 0.2) is 0 Å². The Hall–Kier alpha value is -9.80. The average Bonchev–Trinajstić information content (AvgIpc) is 1.15. The molecule has 10 heteroatoms. The van der Waals surface area contributed by atoms with Crippen molar-refractivity contribution in [2.24, 2.45) is 0 Å². The first-order chi connectivity index (χ1) is 44.7. The lowest BCUT2D eigenvalue weighted by molar-refractivity contribution is 0.297. The van der Waals surface area contributed by atoms with Crippen molar-refractivity contribution in [2.75, 3.05) is 35.5 Å². The molecule has 10 aliphatic rings. The maximum atomic E-state index is 6.92. The van der Waals surface area contributed by atoms with Gasteiger partial charge in [0.1, 0.15) is 90.5 Å². The highest BCUT2D eigenvalue weighted by Gasteiger charge is 2.25. The Bertz CT molecular complexity index is 3910. The Morgan fingerprint density at radius 1 is 0.220 bits per heavy atom. The molecule has 91 heavy (non-hydrogen) atoms. The van der Waals surface area contributed by atoms with Crippen molar-refractivity contribution in [3.63, 3.8) is 0 Å². The zero-order valence-corrected chi connectivity index (χ0v) is 53.7. The molecule has 0 aliphatic heterocycles. The van der Waals surface area contributed by atoms with Crippen LogP contribution in [-0.2, 0) is 65.1 Å². The SMILES string of the molecule is CCCCCC.COc1cc2c(OCc3ccccc3)cc1Cc1cc(OCc3ccccc3)c(cc1OC)Cc1cc(OCc3ccccc3)c(cc1OC)Cc1cc(OC)c(cc1OCc1ccccc1)Cc1cc(OC)c(cc1OCc1ccccc1)C2. The third kappa shape index (κ3) is 17.3. The molecule has 0 saturated heterocycles. The van der Waals surface area contributed by atoms with Gasteiger partial charge in [0.2, 0.25) is 0 Å². The molecule has 0 unspecified atom stereocenters. The predicted molar refractivity (Wildman–Crippen MR) is 363 cm³/mol. The summed E-state index contributed by atoms with van der Waals surface area (Å²) < 4.78 is 66.2. The fraction of sp³-hybridized carbons (Fsp3) is 0.259. The van der Waals surface area contributed by atoms with Gasteiger partial charge in [-0.2, -0.15) is 0 Å². The van der Waals surface area contributed by atoms with Gasteiger partial charge in [0.25, 0.3) is 0 Å². The molecule has 0 saturated carbocycles. The predicted octanol–water partition coefficient (Wildman–Crippen LogP) is 18.5. The molecule has 0 atom stereocenters. The molecule has 0 N–H and O–H groups in total. The average molecular weight is 1220 g/mol. The van der Waals surface area contributed by atoms with E-state index in [9.17, 15) is 0 Å². The quantitative estimate of drug-likeness (QED) is 0.0577. The lowest BCUT2D eigenvalue weighted by Crippen LogP contribution is -2.07. The van der Waals surface area contributed by atoms with Crippen molar-refractivity contribution in [2.45, 2.75) is 105 Å². The molecule has 0 spiro atoms. The summed E-state index contributed by atoms with van der Waals surface area (Å²) >= 11 is 0. The summed E-state index contributed by atoms with van der Waals surface area (Å²) in [6, 6.07) is 71.9. The van der Waals surface area contributed by atoms with Crippen molar-refractivity contribution in [3.05, 3.63) is 296 Å². The van der Waals surface area contributed by atoms with E-state index in [0.29, 0.717) is 123 Å². The van der Waals surface area contributed by atoms with Crippen molar-refractivity contribution in [1.29, 1.82) is 0 Å². The minimum Gasteiger partial charge on any atom is -0.496 e. The topological polar surface area (TPSA) is 92.3 Å². The summed E-state index contributed by atoms with van der Waals surface area (Å²) in [6.45, 7) is 6.18. The molecular weight excluding hydrogens is 1130 g/mol. The van der Waals surface area contributed by atoms with E-state index in [1.54, 1.807) is 35.5 Å². The van der Waals surface area contributed by atoms with E-state index in [1.807, 2.05) is 91.0 Å². The summed E-state index contributed by atoms with van der Waals surface area (Å²) in [4.78, 5) is 0. The zero-order valence-electron chi connectivity index (χ0n) is 53.7. The highest BCUT2D eigenvalue weighted by Crippen LogP contribution is 2.43. The normalized spacial score (nSPS) is 11.6. The number of rotatable bonds is 23. The van der Waals surface area contributed by atoms with Crippen LogP contribution >= 0.6 is 0 Å². The van der Waals surface area contributed by atoms with Crippen molar-refractivity contribution in [1.82, 2.24) is 0 Å². The van der Waals surface area contributed by atoms with Crippen LogP contribution in [0.3, 0.4) is 0 Å². The van der Waals surface area contributed by atoms with Gasteiger partial charge in [0.05, 0.1) is 35.5 Å². The molecule has 10 bridgehead atoms. The maximum Gasteiger partial charge on any atom is 0.123 e. The second-order valence-corrected chi connectivity index (χ2v) is 22.8.